The van der Waals surface area contributed by atoms with Crippen LogP contribution >= 0.6 is 24.0 Å². The molecular formula is C17H34IN5O. The van der Waals surface area contributed by atoms with Gasteiger partial charge in [-0.3, -0.25) is 4.68 Å². The van der Waals surface area contributed by atoms with Crippen molar-refractivity contribution in [2.75, 3.05) is 26.3 Å². The number of ether oxygens (including phenoxy) is 1. The average Bonchev–Trinajstić information content (AvgIpc) is 2.73. The van der Waals surface area contributed by atoms with Crippen LogP contribution in [-0.4, -0.2) is 42.0 Å². The topological polar surface area (TPSA) is 63.5 Å². The number of hydrogen-bond donors (Lipinski definition) is 2. The van der Waals surface area contributed by atoms with Crippen molar-refractivity contribution in [1.82, 2.24) is 20.4 Å². The van der Waals surface area contributed by atoms with Crippen LogP contribution in [0.2, 0.25) is 0 Å². The number of aryl methyl sites for hydroxylation is 2. The van der Waals surface area contributed by atoms with E-state index in [1.54, 1.807) is 0 Å². The highest BCUT2D eigenvalue weighted by atomic mass is 127. The fraction of sp³-hybridized carbons (Fsp3) is 0.765. The van der Waals surface area contributed by atoms with E-state index in [0.29, 0.717) is 12.5 Å². The molecule has 24 heavy (non-hydrogen) atoms. The van der Waals surface area contributed by atoms with Gasteiger partial charge in [0.2, 0.25) is 0 Å². The van der Waals surface area contributed by atoms with E-state index in [2.05, 4.69) is 48.4 Å². The Bertz CT molecular complexity index is 499. The zero-order valence-corrected chi connectivity index (χ0v) is 18.3. The smallest absolute Gasteiger partial charge is 0.191 e. The summed E-state index contributed by atoms with van der Waals surface area (Å²) in [6.07, 6.45) is 0.974. The second-order valence-electron chi connectivity index (χ2n) is 6.22. The molecule has 0 amide bonds. The molecule has 6 nitrogen and oxygen atoms in total. The second-order valence-corrected chi connectivity index (χ2v) is 6.22. The minimum absolute atomic E-state index is 0. The lowest BCUT2D eigenvalue weighted by atomic mass is 10.2. The third-order valence-electron chi connectivity index (χ3n) is 3.61. The Labute approximate surface area is 163 Å². The molecule has 140 valence electrons. The van der Waals surface area contributed by atoms with E-state index in [1.807, 2.05) is 18.7 Å². The Balaban J connectivity index is 0.00000529. The van der Waals surface area contributed by atoms with Crippen LogP contribution in [0, 0.1) is 19.8 Å². The Morgan fingerprint density at radius 2 is 2.00 bits per heavy atom. The molecule has 0 fully saturated rings. The van der Waals surface area contributed by atoms with Gasteiger partial charge in [0.25, 0.3) is 0 Å². The lowest BCUT2D eigenvalue weighted by Crippen LogP contribution is -2.38. The number of aromatic nitrogens is 2. The first-order chi connectivity index (χ1) is 11.0. The lowest BCUT2D eigenvalue weighted by molar-refractivity contribution is 0.108. The molecule has 0 aromatic carbocycles. The number of nitrogens with zero attached hydrogens (tertiary/aromatic N) is 3. The molecule has 0 bridgehead atoms. The fourth-order valence-corrected chi connectivity index (χ4v) is 2.25. The van der Waals surface area contributed by atoms with Gasteiger partial charge in [0.05, 0.1) is 12.2 Å². The van der Waals surface area contributed by atoms with Gasteiger partial charge in [-0.15, -0.1) is 24.0 Å². The van der Waals surface area contributed by atoms with Crippen LogP contribution in [0.1, 0.15) is 44.1 Å². The maximum Gasteiger partial charge on any atom is 0.191 e. The van der Waals surface area contributed by atoms with Crippen molar-refractivity contribution < 1.29 is 4.74 Å². The van der Waals surface area contributed by atoms with Crippen LogP contribution in [0.25, 0.3) is 0 Å². The van der Waals surface area contributed by atoms with Gasteiger partial charge in [-0.05, 0) is 33.1 Å². The number of guanidine groups is 1. The highest BCUT2D eigenvalue weighted by Gasteiger charge is 2.08. The SMILES string of the molecule is CCNC(=NCc1c(C)nn(C)c1C)NCCCOCC(C)C.I. The first kappa shape index (κ1) is 23.2. The monoisotopic (exact) mass is 451 g/mol. The largest absolute Gasteiger partial charge is 0.381 e. The summed E-state index contributed by atoms with van der Waals surface area (Å²) in [5.74, 6) is 1.44. The molecule has 1 heterocycles. The molecule has 0 unspecified atom stereocenters. The Kier molecular flexibility index (Phi) is 12.1. The second kappa shape index (κ2) is 12.5. The maximum atomic E-state index is 5.59. The van der Waals surface area contributed by atoms with Crippen molar-refractivity contribution in [3.8, 4) is 0 Å². The van der Waals surface area contributed by atoms with Crippen molar-refractivity contribution in [3.05, 3.63) is 17.0 Å². The summed E-state index contributed by atoms with van der Waals surface area (Å²) in [6.45, 7) is 14.5. The molecule has 0 aliphatic carbocycles. The third-order valence-corrected chi connectivity index (χ3v) is 3.61. The summed E-state index contributed by atoms with van der Waals surface area (Å²) >= 11 is 0. The van der Waals surface area contributed by atoms with E-state index in [4.69, 9.17) is 4.74 Å². The Hall–Kier alpha value is -0.830. The zero-order valence-electron chi connectivity index (χ0n) is 16.0. The highest BCUT2D eigenvalue weighted by Crippen LogP contribution is 2.12. The molecule has 7 heteroatoms. The van der Waals surface area contributed by atoms with Crippen molar-refractivity contribution in [3.63, 3.8) is 0 Å². The normalized spacial score (nSPS) is 11.5. The highest BCUT2D eigenvalue weighted by molar-refractivity contribution is 14.0. The van der Waals surface area contributed by atoms with Crippen LogP contribution in [0.3, 0.4) is 0 Å². The summed E-state index contributed by atoms with van der Waals surface area (Å²) in [4.78, 5) is 4.67. The minimum atomic E-state index is 0. The van der Waals surface area contributed by atoms with Gasteiger partial charge in [0.1, 0.15) is 0 Å². The summed E-state index contributed by atoms with van der Waals surface area (Å²) in [5.41, 5.74) is 3.42. The molecule has 0 radical (unpaired) electrons. The van der Waals surface area contributed by atoms with E-state index in [1.165, 1.54) is 11.3 Å². The first-order valence-electron chi connectivity index (χ1n) is 8.54. The van der Waals surface area contributed by atoms with Crippen molar-refractivity contribution in [2.24, 2.45) is 18.0 Å². The number of nitrogens with one attached hydrogen (secondary N) is 2. The van der Waals surface area contributed by atoms with E-state index >= 15 is 0 Å². The maximum absolute atomic E-state index is 5.59. The predicted molar refractivity (Wildman–Crippen MR) is 111 cm³/mol. The molecule has 0 aliphatic rings. The van der Waals surface area contributed by atoms with Crippen LogP contribution in [0.15, 0.2) is 4.99 Å². The Morgan fingerprint density at radius 3 is 2.54 bits per heavy atom. The van der Waals surface area contributed by atoms with Crippen molar-refractivity contribution in [2.45, 2.75) is 47.6 Å². The van der Waals surface area contributed by atoms with Crippen LogP contribution < -0.4 is 10.6 Å². The average molecular weight is 451 g/mol. The Morgan fingerprint density at radius 1 is 1.29 bits per heavy atom. The summed E-state index contributed by atoms with van der Waals surface area (Å²) in [7, 11) is 1.97. The van der Waals surface area contributed by atoms with E-state index in [0.717, 1.165) is 44.4 Å². The number of rotatable bonds is 9. The first-order valence-corrected chi connectivity index (χ1v) is 8.54. The molecular weight excluding hydrogens is 417 g/mol. The number of halogens is 1. The minimum Gasteiger partial charge on any atom is -0.381 e. The van der Waals surface area contributed by atoms with Crippen molar-refractivity contribution >= 4 is 29.9 Å². The standard InChI is InChI=1S/C17H33N5O.HI/c1-7-18-17(19-9-8-10-23-12-13(2)3)20-11-16-14(4)21-22(6)15(16)5;/h13H,7-12H2,1-6H3,(H2,18,19,20);1H. The zero-order chi connectivity index (χ0) is 17.2. The molecule has 1 aromatic heterocycles. The number of aliphatic imine (C=N–C) groups is 1. The quantitative estimate of drug-likeness (QED) is 0.262. The molecule has 2 N–H and O–H groups in total. The summed E-state index contributed by atoms with van der Waals surface area (Å²) in [6, 6.07) is 0. The molecule has 1 rings (SSSR count). The fourth-order valence-electron chi connectivity index (χ4n) is 2.25. The van der Waals surface area contributed by atoms with Gasteiger partial charge >= 0.3 is 0 Å². The summed E-state index contributed by atoms with van der Waals surface area (Å²) < 4.78 is 7.50. The van der Waals surface area contributed by atoms with E-state index in [-0.39, 0.29) is 24.0 Å². The van der Waals surface area contributed by atoms with Crippen LogP contribution in [-0.2, 0) is 18.3 Å². The van der Waals surface area contributed by atoms with Gasteiger partial charge in [-0.25, -0.2) is 4.99 Å². The molecule has 1 aromatic rings. The van der Waals surface area contributed by atoms with Gasteiger partial charge in [-0.2, -0.15) is 5.10 Å². The van der Waals surface area contributed by atoms with Crippen LogP contribution in [0.4, 0.5) is 0 Å². The molecule has 0 spiro atoms. The predicted octanol–water partition coefficient (Wildman–Crippen LogP) is 2.77. The molecule has 0 atom stereocenters. The number of hydrogen-bond acceptors (Lipinski definition) is 3. The van der Waals surface area contributed by atoms with Gasteiger partial charge in [0.15, 0.2) is 5.96 Å². The van der Waals surface area contributed by atoms with Gasteiger partial charge in [-0.1, -0.05) is 13.8 Å². The molecule has 0 saturated heterocycles. The lowest BCUT2D eigenvalue weighted by Gasteiger charge is -2.12. The van der Waals surface area contributed by atoms with E-state index in [9.17, 15) is 0 Å². The van der Waals surface area contributed by atoms with Gasteiger partial charge in [0, 0.05) is 44.6 Å². The van der Waals surface area contributed by atoms with E-state index < -0.39 is 0 Å². The third kappa shape index (κ3) is 8.32. The van der Waals surface area contributed by atoms with Crippen molar-refractivity contribution in [1.29, 1.82) is 0 Å². The molecule has 0 saturated carbocycles. The van der Waals surface area contributed by atoms with Gasteiger partial charge < -0.3 is 15.4 Å². The van der Waals surface area contributed by atoms with Crippen LogP contribution in [0.5, 0.6) is 0 Å². The molecule has 0 aliphatic heterocycles. The summed E-state index contributed by atoms with van der Waals surface area (Å²) in [5, 5.41) is 11.1.